The monoisotopic (exact) mass is 267 g/mol. The Morgan fingerprint density at radius 1 is 1.56 bits per heavy atom. The zero-order valence-corrected chi connectivity index (χ0v) is 10.7. The Hall–Kier alpha value is -1.52. The van der Waals surface area contributed by atoms with Crippen LogP contribution < -0.4 is 4.74 Å². The lowest BCUT2D eigenvalue weighted by Gasteiger charge is -2.34. The van der Waals surface area contributed by atoms with Gasteiger partial charge in [0.1, 0.15) is 5.75 Å². The van der Waals surface area contributed by atoms with E-state index < -0.39 is 0 Å². The molecule has 0 unspecified atom stereocenters. The first kappa shape index (κ1) is 12.9. The van der Waals surface area contributed by atoms with Crippen LogP contribution in [0.4, 0.5) is 0 Å². The van der Waals surface area contributed by atoms with Crippen molar-refractivity contribution in [1.82, 2.24) is 4.90 Å². The van der Waals surface area contributed by atoms with Gasteiger partial charge in [-0.1, -0.05) is 11.6 Å². The standard InChI is InChI=1S/C13H14ClNO3/c1-18-12-4-3-10(14)6-9(12)2-5-13(17)15-7-11(16)8-15/h2-6,11,16H,7-8H2,1H3/b5-2+. The minimum atomic E-state index is -0.386. The Labute approximate surface area is 110 Å². The summed E-state index contributed by atoms with van der Waals surface area (Å²) >= 11 is 5.89. The lowest BCUT2D eigenvalue weighted by molar-refractivity contribution is -0.135. The van der Waals surface area contributed by atoms with E-state index in [0.717, 1.165) is 5.56 Å². The average Bonchev–Trinajstić information content (AvgIpc) is 2.32. The lowest BCUT2D eigenvalue weighted by Crippen LogP contribution is -2.52. The summed E-state index contributed by atoms with van der Waals surface area (Å²) in [6.45, 7) is 0.797. The molecule has 2 rings (SSSR count). The first-order valence-corrected chi connectivity index (χ1v) is 5.96. The Morgan fingerprint density at radius 3 is 2.89 bits per heavy atom. The predicted octanol–water partition coefficient (Wildman–Crippen LogP) is 1.56. The zero-order chi connectivity index (χ0) is 13.1. The summed E-state index contributed by atoms with van der Waals surface area (Å²) in [4.78, 5) is 13.3. The second kappa shape index (κ2) is 5.42. The van der Waals surface area contributed by atoms with Gasteiger partial charge >= 0.3 is 0 Å². The molecule has 4 nitrogen and oxygen atoms in total. The number of rotatable bonds is 3. The van der Waals surface area contributed by atoms with E-state index in [4.69, 9.17) is 21.4 Å². The van der Waals surface area contributed by atoms with Crippen LogP contribution in [0, 0.1) is 0 Å². The Balaban J connectivity index is 2.08. The Bertz CT molecular complexity index is 481. The maximum absolute atomic E-state index is 11.7. The van der Waals surface area contributed by atoms with E-state index in [1.807, 2.05) is 0 Å². The summed E-state index contributed by atoms with van der Waals surface area (Å²) in [7, 11) is 1.56. The van der Waals surface area contributed by atoms with Crippen molar-refractivity contribution in [2.24, 2.45) is 0 Å². The quantitative estimate of drug-likeness (QED) is 0.846. The number of likely N-dealkylation sites (tertiary alicyclic amines) is 1. The van der Waals surface area contributed by atoms with Crippen LogP contribution in [0.25, 0.3) is 6.08 Å². The number of hydrogen-bond acceptors (Lipinski definition) is 3. The number of ether oxygens (including phenoxy) is 1. The number of aliphatic hydroxyl groups is 1. The second-order valence-electron chi connectivity index (χ2n) is 4.12. The molecule has 18 heavy (non-hydrogen) atoms. The summed E-state index contributed by atoms with van der Waals surface area (Å²) < 4.78 is 5.18. The van der Waals surface area contributed by atoms with Gasteiger partial charge in [0.2, 0.25) is 5.91 Å². The van der Waals surface area contributed by atoms with Crippen LogP contribution in [0.1, 0.15) is 5.56 Å². The molecule has 0 aliphatic carbocycles. The highest BCUT2D eigenvalue weighted by molar-refractivity contribution is 6.30. The second-order valence-corrected chi connectivity index (χ2v) is 4.55. The number of amides is 1. The third-order valence-electron chi connectivity index (χ3n) is 2.77. The van der Waals surface area contributed by atoms with Gasteiger partial charge in [-0.15, -0.1) is 0 Å². The van der Waals surface area contributed by atoms with Crippen molar-refractivity contribution < 1.29 is 14.6 Å². The summed E-state index contributed by atoms with van der Waals surface area (Å²) in [5.41, 5.74) is 0.749. The van der Waals surface area contributed by atoms with Gasteiger partial charge in [0.15, 0.2) is 0 Å². The molecule has 1 N–H and O–H groups in total. The molecular formula is C13H14ClNO3. The van der Waals surface area contributed by atoms with Crippen LogP contribution in [0.2, 0.25) is 5.02 Å². The number of hydrogen-bond donors (Lipinski definition) is 1. The molecule has 0 bridgehead atoms. The fraction of sp³-hybridized carbons (Fsp3) is 0.308. The molecule has 1 amide bonds. The number of aliphatic hydroxyl groups excluding tert-OH is 1. The summed E-state index contributed by atoms with van der Waals surface area (Å²) in [5, 5.41) is 9.70. The molecule has 0 spiro atoms. The molecule has 1 saturated heterocycles. The number of β-amino-alcohol motifs (C(OH)–C–C–N with tert-alkyl or cyclic N) is 1. The molecule has 1 aliphatic heterocycles. The molecule has 1 aromatic carbocycles. The number of nitrogens with zero attached hydrogens (tertiary/aromatic N) is 1. The van der Waals surface area contributed by atoms with Crippen molar-refractivity contribution in [3.63, 3.8) is 0 Å². The molecular weight excluding hydrogens is 254 g/mol. The number of carbonyl (C=O) groups is 1. The first-order chi connectivity index (χ1) is 8.60. The van der Waals surface area contributed by atoms with Gasteiger partial charge < -0.3 is 14.7 Å². The Morgan fingerprint density at radius 2 is 2.28 bits per heavy atom. The minimum Gasteiger partial charge on any atom is -0.496 e. The van der Waals surface area contributed by atoms with Crippen molar-refractivity contribution in [3.8, 4) is 5.75 Å². The molecule has 1 aromatic rings. The maximum Gasteiger partial charge on any atom is 0.246 e. The van der Waals surface area contributed by atoms with Crippen LogP contribution >= 0.6 is 11.6 Å². The highest BCUT2D eigenvalue weighted by atomic mass is 35.5. The van der Waals surface area contributed by atoms with Gasteiger partial charge in [-0.25, -0.2) is 0 Å². The first-order valence-electron chi connectivity index (χ1n) is 5.58. The van der Waals surface area contributed by atoms with Gasteiger partial charge in [-0.3, -0.25) is 4.79 Å². The van der Waals surface area contributed by atoms with Crippen molar-refractivity contribution in [2.45, 2.75) is 6.10 Å². The van der Waals surface area contributed by atoms with Gasteiger partial charge in [0.05, 0.1) is 13.2 Å². The van der Waals surface area contributed by atoms with Crippen molar-refractivity contribution in [2.75, 3.05) is 20.2 Å². The smallest absolute Gasteiger partial charge is 0.246 e. The van der Waals surface area contributed by atoms with Crippen LogP contribution in [-0.2, 0) is 4.79 Å². The third kappa shape index (κ3) is 2.83. The molecule has 0 saturated carbocycles. The molecule has 0 atom stereocenters. The average molecular weight is 268 g/mol. The summed E-state index contributed by atoms with van der Waals surface area (Å²) in [6, 6.07) is 5.21. The fourth-order valence-electron chi connectivity index (χ4n) is 1.74. The lowest BCUT2D eigenvalue weighted by atomic mass is 10.1. The number of methoxy groups -OCH3 is 1. The topological polar surface area (TPSA) is 49.8 Å². The molecule has 1 fully saturated rings. The van der Waals surface area contributed by atoms with E-state index in [9.17, 15) is 4.79 Å². The van der Waals surface area contributed by atoms with Crippen LogP contribution in [0.5, 0.6) is 5.75 Å². The minimum absolute atomic E-state index is 0.123. The molecule has 96 valence electrons. The molecule has 0 radical (unpaired) electrons. The number of benzene rings is 1. The normalized spacial score (nSPS) is 15.8. The van der Waals surface area contributed by atoms with E-state index >= 15 is 0 Å². The highest BCUT2D eigenvalue weighted by Crippen LogP contribution is 2.24. The van der Waals surface area contributed by atoms with E-state index in [1.54, 1.807) is 36.3 Å². The van der Waals surface area contributed by atoms with Gasteiger partial charge in [0, 0.05) is 29.8 Å². The number of halogens is 1. The van der Waals surface area contributed by atoms with Crippen LogP contribution in [0.15, 0.2) is 24.3 Å². The highest BCUT2D eigenvalue weighted by Gasteiger charge is 2.27. The molecule has 1 aliphatic rings. The van der Waals surface area contributed by atoms with E-state index in [-0.39, 0.29) is 12.0 Å². The number of carbonyl (C=O) groups excluding carboxylic acids is 1. The summed E-state index contributed by atoms with van der Waals surface area (Å²) in [6.07, 6.45) is 2.74. The van der Waals surface area contributed by atoms with E-state index in [0.29, 0.717) is 23.9 Å². The Kier molecular flexibility index (Phi) is 3.89. The maximum atomic E-state index is 11.7. The SMILES string of the molecule is COc1ccc(Cl)cc1/C=C/C(=O)N1CC(O)C1. The van der Waals surface area contributed by atoms with Crippen molar-refractivity contribution in [3.05, 3.63) is 34.9 Å². The van der Waals surface area contributed by atoms with Crippen LogP contribution in [-0.4, -0.2) is 42.2 Å². The van der Waals surface area contributed by atoms with Crippen molar-refractivity contribution in [1.29, 1.82) is 0 Å². The third-order valence-corrected chi connectivity index (χ3v) is 3.01. The van der Waals surface area contributed by atoms with Gasteiger partial charge in [-0.05, 0) is 24.3 Å². The summed E-state index contributed by atoms with van der Waals surface area (Å²) in [5.74, 6) is 0.537. The molecule has 0 aromatic heterocycles. The largest absolute Gasteiger partial charge is 0.496 e. The fourth-order valence-corrected chi connectivity index (χ4v) is 1.92. The van der Waals surface area contributed by atoms with Gasteiger partial charge in [0.25, 0.3) is 0 Å². The predicted molar refractivity (Wildman–Crippen MR) is 69.6 cm³/mol. The van der Waals surface area contributed by atoms with Crippen molar-refractivity contribution >= 4 is 23.6 Å². The zero-order valence-electron chi connectivity index (χ0n) is 9.97. The molecule has 5 heteroatoms. The molecule has 1 heterocycles. The van der Waals surface area contributed by atoms with Crippen LogP contribution in [0.3, 0.4) is 0 Å². The van der Waals surface area contributed by atoms with E-state index in [2.05, 4.69) is 0 Å². The van der Waals surface area contributed by atoms with E-state index in [1.165, 1.54) is 6.08 Å². The van der Waals surface area contributed by atoms with Gasteiger partial charge in [-0.2, -0.15) is 0 Å².